The van der Waals surface area contributed by atoms with Crippen LogP contribution in [-0.2, 0) is 19.6 Å². The average Bonchev–Trinajstić information content (AvgIpc) is 2.73. The van der Waals surface area contributed by atoms with Crippen LogP contribution >= 0.6 is 0 Å². The van der Waals surface area contributed by atoms with Crippen LogP contribution in [0.4, 0.5) is 11.4 Å². The van der Waals surface area contributed by atoms with Crippen LogP contribution in [-0.4, -0.2) is 45.3 Å². The second-order valence-electron chi connectivity index (χ2n) is 6.26. The van der Waals surface area contributed by atoms with Crippen molar-refractivity contribution in [1.82, 2.24) is 0 Å². The molecule has 3 rings (SSSR count). The molecule has 1 amide bonds. The Balaban J connectivity index is 1.87. The summed E-state index contributed by atoms with van der Waals surface area (Å²) >= 11 is 0. The van der Waals surface area contributed by atoms with E-state index in [1.807, 2.05) is 0 Å². The molecule has 0 radical (unpaired) electrons. The molecule has 1 heterocycles. The Kier molecular flexibility index (Phi) is 6.07. The number of nitrogens with one attached hydrogen (secondary N) is 1. The lowest BCUT2D eigenvalue weighted by Gasteiger charge is -2.34. The van der Waals surface area contributed by atoms with Crippen molar-refractivity contribution in [3.05, 3.63) is 54.1 Å². The Morgan fingerprint density at radius 1 is 1.14 bits per heavy atom. The van der Waals surface area contributed by atoms with Crippen molar-refractivity contribution in [2.75, 3.05) is 28.5 Å². The predicted octanol–water partition coefficient (Wildman–Crippen LogP) is 2.42. The summed E-state index contributed by atoms with van der Waals surface area (Å²) < 4.78 is 37.0. The van der Waals surface area contributed by atoms with Crippen LogP contribution in [0, 0.1) is 0 Å². The van der Waals surface area contributed by atoms with Crippen molar-refractivity contribution in [2.24, 2.45) is 0 Å². The van der Waals surface area contributed by atoms with Gasteiger partial charge in [0, 0.05) is 0 Å². The molecule has 2 aromatic carbocycles. The van der Waals surface area contributed by atoms with Gasteiger partial charge in [-0.3, -0.25) is 9.10 Å². The Morgan fingerprint density at radius 2 is 1.83 bits per heavy atom. The molecule has 0 aliphatic carbocycles. The van der Waals surface area contributed by atoms with Gasteiger partial charge in [-0.15, -0.1) is 0 Å². The van der Waals surface area contributed by atoms with Gasteiger partial charge in [-0.05, 0) is 38.1 Å². The first kappa shape index (κ1) is 20.7. The highest BCUT2D eigenvalue weighted by atomic mass is 32.2. The summed E-state index contributed by atoms with van der Waals surface area (Å²) in [7, 11) is -3.60. The second kappa shape index (κ2) is 8.52. The lowest BCUT2D eigenvalue weighted by molar-refractivity contribution is -0.122. The number of benzene rings is 2. The first-order valence-electron chi connectivity index (χ1n) is 9.20. The summed E-state index contributed by atoms with van der Waals surface area (Å²) in [6.07, 6.45) is -1.08. The molecular formula is C20H22N2O6S. The van der Waals surface area contributed by atoms with E-state index in [2.05, 4.69) is 5.32 Å². The molecule has 29 heavy (non-hydrogen) atoms. The number of fused-ring (bicyclic) bond motifs is 1. The van der Waals surface area contributed by atoms with E-state index in [9.17, 15) is 18.0 Å². The van der Waals surface area contributed by atoms with Crippen molar-refractivity contribution >= 4 is 33.3 Å². The minimum absolute atomic E-state index is 0.110. The van der Waals surface area contributed by atoms with Crippen LogP contribution in [0.1, 0.15) is 24.2 Å². The lowest BCUT2D eigenvalue weighted by atomic mass is 10.1. The van der Waals surface area contributed by atoms with Gasteiger partial charge in [-0.1, -0.05) is 24.3 Å². The molecule has 1 atom stereocenters. The highest BCUT2D eigenvalue weighted by molar-refractivity contribution is 7.92. The number of anilines is 2. The number of hydrogen-bond acceptors (Lipinski definition) is 6. The van der Waals surface area contributed by atoms with E-state index < -0.39 is 28.0 Å². The molecule has 1 aliphatic heterocycles. The van der Waals surface area contributed by atoms with Gasteiger partial charge in [0.15, 0.2) is 6.10 Å². The molecule has 0 aromatic heterocycles. The maximum Gasteiger partial charge on any atom is 0.340 e. The summed E-state index contributed by atoms with van der Waals surface area (Å²) in [5.41, 5.74) is 0.866. The first-order chi connectivity index (χ1) is 13.9. The molecule has 0 bridgehead atoms. The molecule has 9 heteroatoms. The van der Waals surface area contributed by atoms with Crippen LogP contribution in [0.25, 0.3) is 0 Å². The van der Waals surface area contributed by atoms with Gasteiger partial charge in [0.25, 0.3) is 5.91 Å². The van der Waals surface area contributed by atoms with Gasteiger partial charge in [0.05, 0.1) is 35.8 Å². The smallest absolute Gasteiger partial charge is 0.340 e. The second-order valence-corrected chi connectivity index (χ2v) is 8.44. The average molecular weight is 418 g/mol. The third kappa shape index (κ3) is 4.34. The van der Waals surface area contributed by atoms with Crippen molar-refractivity contribution < 1.29 is 27.5 Å². The van der Waals surface area contributed by atoms with Crippen molar-refractivity contribution in [2.45, 2.75) is 20.0 Å². The van der Waals surface area contributed by atoms with Crippen LogP contribution in [0.5, 0.6) is 5.75 Å². The van der Waals surface area contributed by atoms with Crippen LogP contribution in [0.3, 0.4) is 0 Å². The number of carbonyl (C=O) groups is 2. The molecule has 0 saturated carbocycles. The minimum atomic E-state index is -3.60. The summed E-state index contributed by atoms with van der Waals surface area (Å²) in [5.74, 6) is -0.933. The number of carbonyl (C=O) groups excluding carboxylic acids is 2. The zero-order valence-electron chi connectivity index (χ0n) is 16.1. The Labute approximate surface area is 169 Å². The van der Waals surface area contributed by atoms with Crippen LogP contribution in [0.2, 0.25) is 0 Å². The number of ether oxygens (including phenoxy) is 2. The summed E-state index contributed by atoms with van der Waals surface area (Å²) in [4.78, 5) is 25.0. The maximum atomic E-state index is 12.9. The summed E-state index contributed by atoms with van der Waals surface area (Å²) in [6.45, 7) is 3.27. The van der Waals surface area contributed by atoms with Gasteiger partial charge in [-0.25, -0.2) is 13.2 Å². The number of sulfonamides is 1. The molecule has 1 aliphatic rings. The molecule has 0 spiro atoms. The van der Waals surface area contributed by atoms with Gasteiger partial charge in [0.1, 0.15) is 5.75 Å². The number of rotatable bonds is 6. The minimum Gasteiger partial charge on any atom is -0.476 e. The molecule has 8 nitrogen and oxygen atoms in total. The lowest BCUT2D eigenvalue weighted by Crippen LogP contribution is -2.49. The van der Waals surface area contributed by atoms with Crippen molar-refractivity contribution in [1.29, 1.82) is 0 Å². The monoisotopic (exact) mass is 418 g/mol. The standard InChI is InChI=1S/C20H22N2O6S/c1-3-27-20(24)14-9-5-6-10-15(14)21-19(23)18-13-22(29(25,26)4-2)16-11-7-8-12-17(16)28-18/h5-12,18H,3-4,13H2,1-2H3,(H,21,23)/t18-/m0/s1. The zero-order valence-corrected chi connectivity index (χ0v) is 16.9. The third-order valence-corrected chi connectivity index (χ3v) is 6.16. The summed E-state index contributed by atoms with van der Waals surface area (Å²) in [5, 5.41) is 2.65. The van der Waals surface area contributed by atoms with E-state index in [1.165, 1.54) is 11.2 Å². The van der Waals surface area contributed by atoms with Crippen LogP contribution in [0.15, 0.2) is 48.5 Å². The van der Waals surface area contributed by atoms with Crippen LogP contribution < -0.4 is 14.4 Å². The Hall–Kier alpha value is -3.07. The highest BCUT2D eigenvalue weighted by Crippen LogP contribution is 2.35. The fourth-order valence-electron chi connectivity index (χ4n) is 2.95. The third-order valence-electron chi connectivity index (χ3n) is 4.41. The zero-order chi connectivity index (χ0) is 21.0. The van der Waals surface area contributed by atoms with Gasteiger partial charge < -0.3 is 14.8 Å². The number of para-hydroxylation sites is 3. The topological polar surface area (TPSA) is 102 Å². The SMILES string of the molecule is CCOC(=O)c1ccccc1NC(=O)[C@@H]1CN(S(=O)(=O)CC)c2ccccc2O1. The molecule has 0 unspecified atom stereocenters. The molecule has 2 aromatic rings. The number of nitrogens with zero attached hydrogens (tertiary/aromatic N) is 1. The maximum absolute atomic E-state index is 12.9. The van der Waals surface area contributed by atoms with Crippen molar-refractivity contribution in [3.8, 4) is 5.75 Å². The fourth-order valence-corrected chi connectivity index (χ4v) is 4.07. The van der Waals surface area contributed by atoms with E-state index in [4.69, 9.17) is 9.47 Å². The highest BCUT2D eigenvalue weighted by Gasteiger charge is 2.36. The molecule has 154 valence electrons. The van der Waals surface area contributed by atoms with E-state index >= 15 is 0 Å². The predicted molar refractivity (Wildman–Crippen MR) is 109 cm³/mol. The molecule has 1 N–H and O–H groups in total. The van der Waals surface area contributed by atoms with E-state index in [-0.39, 0.29) is 30.2 Å². The van der Waals surface area contributed by atoms with E-state index in [1.54, 1.807) is 55.5 Å². The first-order valence-corrected chi connectivity index (χ1v) is 10.8. The Bertz CT molecular complexity index is 1020. The Morgan fingerprint density at radius 3 is 2.55 bits per heavy atom. The van der Waals surface area contributed by atoms with Gasteiger partial charge >= 0.3 is 5.97 Å². The number of esters is 1. The number of amides is 1. The summed E-state index contributed by atoms with van der Waals surface area (Å²) in [6, 6.07) is 13.1. The van der Waals surface area contributed by atoms with E-state index in [0.717, 1.165) is 0 Å². The van der Waals surface area contributed by atoms with Gasteiger partial charge in [0.2, 0.25) is 10.0 Å². The molecular weight excluding hydrogens is 396 g/mol. The molecule has 0 fully saturated rings. The largest absolute Gasteiger partial charge is 0.476 e. The van der Waals surface area contributed by atoms with Gasteiger partial charge in [-0.2, -0.15) is 0 Å². The van der Waals surface area contributed by atoms with Crippen molar-refractivity contribution in [3.63, 3.8) is 0 Å². The number of hydrogen-bond donors (Lipinski definition) is 1. The normalized spacial score (nSPS) is 15.8. The molecule has 0 saturated heterocycles. The van der Waals surface area contributed by atoms with E-state index in [0.29, 0.717) is 11.4 Å². The fraction of sp³-hybridized carbons (Fsp3) is 0.300. The quantitative estimate of drug-likeness (QED) is 0.723.